The molecular weight excluding hydrogens is 306 g/mol. The number of tetrazole rings is 1. The smallest absolute Gasteiger partial charge is 0.209 e. The predicted octanol–water partition coefficient (Wildman–Crippen LogP) is 2.48. The second-order valence-corrected chi connectivity index (χ2v) is 7.35. The fourth-order valence-corrected chi connectivity index (χ4v) is 4.32. The summed E-state index contributed by atoms with van der Waals surface area (Å²) < 4.78 is 7.50. The number of thiazole rings is 1. The molecule has 2 fully saturated rings. The summed E-state index contributed by atoms with van der Waals surface area (Å²) in [6, 6.07) is 0. The van der Waals surface area contributed by atoms with E-state index in [0.29, 0.717) is 0 Å². The topological polar surface area (TPSA) is 65.7 Å². The molecule has 6 nitrogen and oxygen atoms in total. The molecule has 4 rings (SSSR count). The molecule has 0 N–H and O–H groups in total. The number of thioether (sulfide) groups is 1. The third-order valence-corrected chi connectivity index (χ3v) is 5.79. The fraction of sp³-hybridized carbons (Fsp3) is 0.692. The van der Waals surface area contributed by atoms with Crippen molar-refractivity contribution >= 4 is 23.1 Å². The molecule has 1 aliphatic carbocycles. The van der Waals surface area contributed by atoms with Crippen LogP contribution in [0.5, 0.6) is 0 Å². The summed E-state index contributed by atoms with van der Waals surface area (Å²) in [6.45, 7) is 1.61. The van der Waals surface area contributed by atoms with Crippen LogP contribution in [0.15, 0.2) is 10.5 Å². The van der Waals surface area contributed by atoms with E-state index in [2.05, 4.69) is 20.9 Å². The summed E-state index contributed by atoms with van der Waals surface area (Å²) in [6.07, 6.45) is 5.10. The van der Waals surface area contributed by atoms with Crippen molar-refractivity contribution in [3.63, 3.8) is 0 Å². The zero-order valence-corrected chi connectivity index (χ0v) is 13.3. The Labute approximate surface area is 131 Å². The van der Waals surface area contributed by atoms with Crippen LogP contribution in [0.25, 0.3) is 0 Å². The average molecular weight is 323 g/mol. The molecule has 0 radical (unpaired) electrons. The molecule has 0 spiro atoms. The predicted molar refractivity (Wildman–Crippen MR) is 80.4 cm³/mol. The van der Waals surface area contributed by atoms with E-state index in [9.17, 15) is 0 Å². The normalized spacial score (nSPS) is 22.0. The summed E-state index contributed by atoms with van der Waals surface area (Å²) in [7, 11) is 0. The van der Waals surface area contributed by atoms with Gasteiger partial charge < -0.3 is 4.74 Å². The Bertz CT molecular complexity index is 603. The number of hydrogen-bond donors (Lipinski definition) is 0. The van der Waals surface area contributed by atoms with Gasteiger partial charge in [0, 0.05) is 23.7 Å². The Kier molecular flexibility index (Phi) is 3.91. The fourth-order valence-electron chi connectivity index (χ4n) is 2.44. The van der Waals surface area contributed by atoms with Crippen LogP contribution in [-0.2, 0) is 17.0 Å². The minimum absolute atomic E-state index is 0.258. The first-order valence-electron chi connectivity index (χ1n) is 7.33. The lowest BCUT2D eigenvalue weighted by molar-refractivity contribution is 0.0912. The van der Waals surface area contributed by atoms with Crippen molar-refractivity contribution in [1.82, 2.24) is 25.2 Å². The van der Waals surface area contributed by atoms with Gasteiger partial charge in [0.05, 0.1) is 23.4 Å². The summed E-state index contributed by atoms with van der Waals surface area (Å²) >= 11 is 3.44. The van der Waals surface area contributed by atoms with Gasteiger partial charge in [0.2, 0.25) is 5.16 Å². The van der Waals surface area contributed by atoms with E-state index in [1.165, 1.54) is 17.8 Å². The molecule has 0 unspecified atom stereocenters. The van der Waals surface area contributed by atoms with Crippen molar-refractivity contribution in [2.45, 2.75) is 55.2 Å². The van der Waals surface area contributed by atoms with Crippen molar-refractivity contribution in [1.29, 1.82) is 0 Å². The molecule has 1 saturated carbocycles. The van der Waals surface area contributed by atoms with Crippen molar-refractivity contribution in [2.75, 3.05) is 6.61 Å². The van der Waals surface area contributed by atoms with Crippen LogP contribution in [0, 0.1) is 0 Å². The molecule has 2 aromatic heterocycles. The summed E-state index contributed by atoms with van der Waals surface area (Å²) in [4.78, 5) is 4.70. The Morgan fingerprint density at radius 2 is 2.33 bits per heavy atom. The van der Waals surface area contributed by atoms with E-state index >= 15 is 0 Å². The standard InChI is InChI=1S/C13H17N5OS2/c1-2-11(19-5-1)6-18-13(15-16-17-18)21-8-10-7-20-12(14-10)9-3-4-9/h7,9,11H,1-6,8H2/t11-/m0/s1. The van der Waals surface area contributed by atoms with Crippen LogP contribution in [0.1, 0.15) is 42.3 Å². The molecule has 2 aromatic rings. The molecule has 112 valence electrons. The molecule has 1 saturated heterocycles. The first kappa shape index (κ1) is 13.7. The summed E-state index contributed by atoms with van der Waals surface area (Å²) in [5, 5.41) is 16.3. The second kappa shape index (κ2) is 6.02. The first-order valence-corrected chi connectivity index (χ1v) is 9.20. The van der Waals surface area contributed by atoms with Crippen LogP contribution < -0.4 is 0 Å². The molecule has 0 aromatic carbocycles. The molecule has 1 atom stereocenters. The highest BCUT2D eigenvalue weighted by Gasteiger charge is 2.26. The number of hydrogen-bond acceptors (Lipinski definition) is 7. The van der Waals surface area contributed by atoms with Crippen LogP contribution in [0.3, 0.4) is 0 Å². The number of ether oxygens (including phenoxy) is 1. The monoisotopic (exact) mass is 323 g/mol. The van der Waals surface area contributed by atoms with Crippen LogP contribution in [-0.4, -0.2) is 37.9 Å². The minimum atomic E-state index is 0.258. The van der Waals surface area contributed by atoms with Gasteiger partial charge in [-0.05, 0) is 36.1 Å². The second-order valence-electron chi connectivity index (χ2n) is 5.52. The Balaban J connectivity index is 1.36. The molecule has 2 aliphatic rings. The van der Waals surface area contributed by atoms with E-state index in [4.69, 9.17) is 9.72 Å². The quantitative estimate of drug-likeness (QED) is 0.761. The summed E-state index contributed by atoms with van der Waals surface area (Å²) in [5.74, 6) is 1.56. The highest BCUT2D eigenvalue weighted by atomic mass is 32.2. The molecule has 1 aliphatic heterocycles. The lowest BCUT2D eigenvalue weighted by Gasteiger charge is -2.09. The molecule has 3 heterocycles. The Morgan fingerprint density at radius 1 is 1.38 bits per heavy atom. The molecule has 8 heteroatoms. The number of aromatic nitrogens is 5. The molecular formula is C13H17N5OS2. The maximum atomic E-state index is 5.64. The molecule has 21 heavy (non-hydrogen) atoms. The molecule has 0 bridgehead atoms. The SMILES string of the molecule is c1sc(C2CC2)nc1CSc1nnnn1C[C@@H]1CCCO1. The van der Waals surface area contributed by atoms with Gasteiger partial charge >= 0.3 is 0 Å². The van der Waals surface area contributed by atoms with Gasteiger partial charge in [-0.3, -0.25) is 0 Å². The van der Waals surface area contributed by atoms with Crippen LogP contribution >= 0.6 is 23.1 Å². The van der Waals surface area contributed by atoms with Gasteiger partial charge in [-0.2, -0.15) is 0 Å². The summed E-state index contributed by atoms with van der Waals surface area (Å²) in [5.41, 5.74) is 1.14. The third kappa shape index (κ3) is 3.27. The van der Waals surface area contributed by atoms with Crippen molar-refractivity contribution in [2.24, 2.45) is 0 Å². The van der Waals surface area contributed by atoms with Gasteiger partial charge in [-0.25, -0.2) is 9.67 Å². The third-order valence-electron chi connectivity index (χ3n) is 3.74. The van der Waals surface area contributed by atoms with Crippen LogP contribution in [0.2, 0.25) is 0 Å². The van der Waals surface area contributed by atoms with Crippen molar-refractivity contribution in [3.05, 3.63) is 16.1 Å². The maximum absolute atomic E-state index is 5.64. The highest BCUT2D eigenvalue weighted by molar-refractivity contribution is 7.98. The zero-order valence-electron chi connectivity index (χ0n) is 11.6. The van der Waals surface area contributed by atoms with Gasteiger partial charge in [0.1, 0.15) is 0 Å². The van der Waals surface area contributed by atoms with E-state index in [0.717, 1.165) is 48.5 Å². The largest absolute Gasteiger partial charge is 0.376 e. The van der Waals surface area contributed by atoms with Crippen LogP contribution in [0.4, 0.5) is 0 Å². The van der Waals surface area contributed by atoms with E-state index in [1.807, 2.05) is 4.68 Å². The lowest BCUT2D eigenvalue weighted by Crippen LogP contribution is -2.16. The van der Waals surface area contributed by atoms with Gasteiger partial charge in [0.25, 0.3) is 0 Å². The average Bonchev–Trinajstić information content (AvgIpc) is 2.94. The van der Waals surface area contributed by atoms with E-state index in [-0.39, 0.29) is 6.10 Å². The van der Waals surface area contributed by atoms with Gasteiger partial charge in [0.15, 0.2) is 0 Å². The Hall–Kier alpha value is -0.990. The lowest BCUT2D eigenvalue weighted by atomic mass is 10.2. The zero-order chi connectivity index (χ0) is 14.1. The van der Waals surface area contributed by atoms with Gasteiger partial charge in [-0.1, -0.05) is 11.8 Å². The van der Waals surface area contributed by atoms with Crippen molar-refractivity contribution in [3.8, 4) is 0 Å². The number of rotatable bonds is 6. The maximum Gasteiger partial charge on any atom is 0.209 e. The van der Waals surface area contributed by atoms with E-state index in [1.54, 1.807) is 23.1 Å². The Morgan fingerprint density at radius 3 is 3.14 bits per heavy atom. The number of nitrogens with zero attached hydrogens (tertiary/aromatic N) is 5. The first-order chi connectivity index (χ1) is 10.4. The van der Waals surface area contributed by atoms with Crippen molar-refractivity contribution < 1.29 is 4.74 Å². The molecule has 0 amide bonds. The van der Waals surface area contributed by atoms with Gasteiger partial charge in [-0.15, -0.1) is 16.4 Å². The van der Waals surface area contributed by atoms with E-state index < -0.39 is 0 Å². The minimum Gasteiger partial charge on any atom is -0.376 e. The highest BCUT2D eigenvalue weighted by Crippen LogP contribution is 2.41.